The third kappa shape index (κ3) is 4.23. The highest BCUT2D eigenvalue weighted by molar-refractivity contribution is 8.00. The van der Waals surface area contributed by atoms with Crippen molar-refractivity contribution in [2.24, 2.45) is 0 Å². The fraction of sp³-hybridized carbons (Fsp3) is 0.300. The van der Waals surface area contributed by atoms with Crippen LogP contribution in [0.15, 0.2) is 47.4 Å². The van der Waals surface area contributed by atoms with Crippen molar-refractivity contribution in [2.75, 3.05) is 22.5 Å². The molecule has 0 unspecified atom stereocenters. The Labute approximate surface area is 152 Å². The molecule has 130 valence electrons. The topological polar surface area (TPSA) is 49.4 Å². The van der Waals surface area contributed by atoms with Crippen LogP contribution < -0.4 is 10.2 Å². The maximum Gasteiger partial charge on any atom is 0.234 e. The van der Waals surface area contributed by atoms with Gasteiger partial charge in [-0.15, -0.1) is 11.8 Å². The fourth-order valence-electron chi connectivity index (χ4n) is 2.86. The molecule has 2 amide bonds. The first-order valence-corrected chi connectivity index (χ1v) is 9.42. The number of hydrogen-bond donors (Lipinski definition) is 1. The summed E-state index contributed by atoms with van der Waals surface area (Å²) in [5.41, 5.74) is 3.96. The van der Waals surface area contributed by atoms with Gasteiger partial charge in [0.1, 0.15) is 0 Å². The summed E-state index contributed by atoms with van der Waals surface area (Å²) in [5, 5.41) is 2.95. The van der Waals surface area contributed by atoms with Gasteiger partial charge >= 0.3 is 0 Å². The van der Waals surface area contributed by atoms with Crippen molar-refractivity contribution in [3.05, 3.63) is 53.6 Å². The number of nitrogens with zero attached hydrogens (tertiary/aromatic N) is 1. The number of carbonyl (C=O) groups is 2. The molecule has 1 aliphatic heterocycles. The van der Waals surface area contributed by atoms with Crippen LogP contribution in [0.1, 0.15) is 24.0 Å². The molecule has 2 aromatic rings. The Balaban J connectivity index is 1.65. The van der Waals surface area contributed by atoms with Gasteiger partial charge in [0.15, 0.2) is 0 Å². The summed E-state index contributed by atoms with van der Waals surface area (Å²) >= 11 is 1.52. The summed E-state index contributed by atoms with van der Waals surface area (Å²) in [6, 6.07) is 13.7. The Morgan fingerprint density at radius 3 is 2.68 bits per heavy atom. The van der Waals surface area contributed by atoms with Crippen molar-refractivity contribution in [1.29, 1.82) is 0 Å². The second-order valence-electron chi connectivity index (χ2n) is 6.25. The Morgan fingerprint density at radius 1 is 1.16 bits per heavy atom. The lowest BCUT2D eigenvalue weighted by molar-refractivity contribution is -0.117. The van der Waals surface area contributed by atoms with E-state index < -0.39 is 0 Å². The predicted octanol–water partition coefficient (Wildman–Crippen LogP) is 4.16. The molecule has 1 fully saturated rings. The van der Waals surface area contributed by atoms with Gasteiger partial charge in [0.05, 0.1) is 17.1 Å². The van der Waals surface area contributed by atoms with E-state index in [0.717, 1.165) is 17.0 Å². The minimum Gasteiger partial charge on any atom is -0.324 e. The number of para-hydroxylation sites is 2. The lowest BCUT2D eigenvalue weighted by Gasteiger charge is -2.20. The number of carbonyl (C=O) groups excluding carboxylic acids is 2. The number of hydrogen-bond acceptors (Lipinski definition) is 3. The van der Waals surface area contributed by atoms with E-state index in [-0.39, 0.29) is 11.8 Å². The van der Waals surface area contributed by atoms with Gasteiger partial charge in [-0.3, -0.25) is 9.59 Å². The van der Waals surface area contributed by atoms with E-state index in [1.807, 2.05) is 30.3 Å². The summed E-state index contributed by atoms with van der Waals surface area (Å²) in [4.78, 5) is 27.2. The normalized spacial score (nSPS) is 14.0. The van der Waals surface area contributed by atoms with Gasteiger partial charge in [-0.05, 0) is 55.7 Å². The summed E-state index contributed by atoms with van der Waals surface area (Å²) in [7, 11) is 0. The Kier molecular flexibility index (Phi) is 5.43. The highest BCUT2D eigenvalue weighted by Gasteiger charge is 2.24. The van der Waals surface area contributed by atoms with E-state index in [2.05, 4.69) is 31.3 Å². The summed E-state index contributed by atoms with van der Waals surface area (Å²) < 4.78 is 0. The van der Waals surface area contributed by atoms with Gasteiger partial charge < -0.3 is 10.2 Å². The van der Waals surface area contributed by atoms with E-state index in [1.54, 1.807) is 4.90 Å². The summed E-state index contributed by atoms with van der Waals surface area (Å²) in [6.07, 6.45) is 1.44. The number of thioether (sulfide) groups is 1. The SMILES string of the molecule is Cc1ccc(SCC(=O)Nc2ccccc2N2CCCC2=O)cc1C. The molecule has 0 radical (unpaired) electrons. The minimum atomic E-state index is -0.0673. The van der Waals surface area contributed by atoms with Gasteiger partial charge in [0, 0.05) is 17.9 Å². The molecule has 2 aromatic carbocycles. The lowest BCUT2D eigenvalue weighted by Crippen LogP contribution is -2.25. The molecule has 5 heteroatoms. The molecule has 4 nitrogen and oxygen atoms in total. The number of aryl methyl sites for hydroxylation is 2. The molecule has 1 N–H and O–H groups in total. The van der Waals surface area contributed by atoms with Crippen LogP contribution in [0.25, 0.3) is 0 Å². The van der Waals surface area contributed by atoms with E-state index >= 15 is 0 Å². The predicted molar refractivity (Wildman–Crippen MR) is 103 cm³/mol. The summed E-state index contributed by atoms with van der Waals surface area (Å²) in [6.45, 7) is 4.86. The molecule has 0 atom stereocenters. The van der Waals surface area contributed by atoms with Crippen LogP contribution >= 0.6 is 11.8 Å². The molecule has 0 aliphatic carbocycles. The van der Waals surface area contributed by atoms with Crippen molar-refractivity contribution >= 4 is 35.0 Å². The standard InChI is InChI=1S/C20H22N2O2S/c1-14-9-10-16(12-15(14)2)25-13-19(23)21-17-6-3-4-7-18(17)22-11-5-8-20(22)24/h3-4,6-7,9-10,12H,5,8,11,13H2,1-2H3,(H,21,23). The molecular formula is C20H22N2O2S. The molecule has 0 spiro atoms. The maximum atomic E-state index is 12.4. The highest BCUT2D eigenvalue weighted by Crippen LogP contribution is 2.29. The van der Waals surface area contributed by atoms with Gasteiger partial charge in [-0.1, -0.05) is 18.2 Å². The minimum absolute atomic E-state index is 0.0673. The van der Waals surface area contributed by atoms with E-state index in [4.69, 9.17) is 0 Å². The van der Waals surface area contributed by atoms with Crippen LogP contribution in [0, 0.1) is 13.8 Å². The molecule has 25 heavy (non-hydrogen) atoms. The molecular weight excluding hydrogens is 332 g/mol. The molecule has 0 saturated carbocycles. The zero-order valence-corrected chi connectivity index (χ0v) is 15.4. The number of rotatable bonds is 5. The largest absolute Gasteiger partial charge is 0.324 e. The first-order chi connectivity index (χ1) is 12.0. The van der Waals surface area contributed by atoms with Gasteiger partial charge in [0.25, 0.3) is 0 Å². The van der Waals surface area contributed by atoms with Gasteiger partial charge in [-0.25, -0.2) is 0 Å². The molecule has 0 bridgehead atoms. The Hall–Kier alpha value is -2.27. The number of amides is 2. The smallest absolute Gasteiger partial charge is 0.234 e. The van der Waals surface area contributed by atoms with E-state index in [0.29, 0.717) is 24.4 Å². The first kappa shape index (κ1) is 17.5. The Bertz CT molecular complexity index is 804. The first-order valence-electron chi connectivity index (χ1n) is 8.44. The number of anilines is 2. The molecule has 3 rings (SSSR count). The van der Waals surface area contributed by atoms with Crippen molar-refractivity contribution in [3.8, 4) is 0 Å². The molecule has 0 aromatic heterocycles. The van der Waals surface area contributed by atoms with Crippen LogP contribution in [0.2, 0.25) is 0 Å². The quantitative estimate of drug-likeness (QED) is 0.820. The number of benzene rings is 2. The fourth-order valence-corrected chi connectivity index (χ4v) is 3.65. The van der Waals surface area contributed by atoms with Crippen molar-refractivity contribution in [1.82, 2.24) is 0 Å². The lowest BCUT2D eigenvalue weighted by atomic mass is 10.1. The van der Waals surface area contributed by atoms with Crippen molar-refractivity contribution in [2.45, 2.75) is 31.6 Å². The Morgan fingerprint density at radius 2 is 1.96 bits per heavy atom. The van der Waals surface area contributed by atoms with Crippen LogP contribution in [0.4, 0.5) is 11.4 Å². The molecule has 1 saturated heterocycles. The third-order valence-corrected chi connectivity index (χ3v) is 5.38. The highest BCUT2D eigenvalue weighted by atomic mass is 32.2. The van der Waals surface area contributed by atoms with E-state index in [9.17, 15) is 9.59 Å². The third-order valence-electron chi connectivity index (χ3n) is 4.39. The number of nitrogens with one attached hydrogen (secondary N) is 1. The average molecular weight is 354 g/mol. The summed E-state index contributed by atoms with van der Waals surface area (Å²) in [5.74, 6) is 0.388. The molecule has 1 aliphatic rings. The van der Waals surface area contributed by atoms with E-state index in [1.165, 1.54) is 22.9 Å². The monoisotopic (exact) mass is 354 g/mol. The van der Waals surface area contributed by atoms with Crippen LogP contribution in [0.5, 0.6) is 0 Å². The molecule has 1 heterocycles. The van der Waals surface area contributed by atoms with Crippen LogP contribution in [-0.2, 0) is 9.59 Å². The van der Waals surface area contributed by atoms with Gasteiger partial charge in [-0.2, -0.15) is 0 Å². The van der Waals surface area contributed by atoms with Gasteiger partial charge in [0.2, 0.25) is 11.8 Å². The zero-order valence-electron chi connectivity index (χ0n) is 14.5. The second-order valence-corrected chi connectivity index (χ2v) is 7.30. The van der Waals surface area contributed by atoms with Crippen molar-refractivity contribution in [3.63, 3.8) is 0 Å². The van der Waals surface area contributed by atoms with Crippen LogP contribution in [0.3, 0.4) is 0 Å². The van der Waals surface area contributed by atoms with Crippen molar-refractivity contribution < 1.29 is 9.59 Å². The zero-order chi connectivity index (χ0) is 17.8. The maximum absolute atomic E-state index is 12.4. The average Bonchev–Trinajstić information content (AvgIpc) is 3.02. The second kappa shape index (κ2) is 7.74. The van der Waals surface area contributed by atoms with Crippen LogP contribution in [-0.4, -0.2) is 24.1 Å².